The summed E-state index contributed by atoms with van der Waals surface area (Å²) in [6.07, 6.45) is 8.68. The molecule has 4 aliphatic carbocycles. The number of carbonyl (C=O) groups excluding carboxylic acids is 2. The van der Waals surface area contributed by atoms with Gasteiger partial charge in [-0.2, -0.15) is 0 Å². The highest BCUT2D eigenvalue weighted by molar-refractivity contribution is 8.00. The summed E-state index contributed by atoms with van der Waals surface area (Å²) in [4.78, 5) is 35.0. The first kappa shape index (κ1) is 21.1. The van der Waals surface area contributed by atoms with Crippen LogP contribution in [0.4, 0.5) is 4.79 Å². The molecule has 4 bridgehead atoms. The molecule has 2 N–H and O–H groups in total. The number of amides is 3. The predicted octanol–water partition coefficient (Wildman–Crippen LogP) is 5.25. The second kappa shape index (κ2) is 8.40. The lowest BCUT2D eigenvalue weighted by molar-refractivity contribution is -0.117. The summed E-state index contributed by atoms with van der Waals surface area (Å²) in [7, 11) is 0. The normalized spacial score (nSPS) is 27.6. The zero-order valence-electron chi connectivity index (χ0n) is 18.3. The number of aromatic nitrogens is 2. The second-order valence-electron chi connectivity index (χ2n) is 9.86. The van der Waals surface area contributed by atoms with Crippen molar-refractivity contribution in [2.75, 3.05) is 5.75 Å². The number of thioether (sulfide) groups is 1. The van der Waals surface area contributed by atoms with Crippen LogP contribution in [0.2, 0.25) is 0 Å². The average molecular weight is 479 g/mol. The number of fused-ring (bicyclic) bond motifs is 1. The SMILES string of the molecule is O=C(CSc1ncnc2scc(-c3ccccc3)c12)NC(=O)NC12CC3CC(CC(C3)C1)C2. The van der Waals surface area contributed by atoms with Gasteiger partial charge in [-0.3, -0.25) is 10.1 Å². The third-order valence-corrected chi connectivity index (χ3v) is 9.31. The summed E-state index contributed by atoms with van der Waals surface area (Å²) >= 11 is 2.92. The van der Waals surface area contributed by atoms with Crippen molar-refractivity contribution in [3.8, 4) is 11.1 Å². The standard InChI is InChI=1S/C25H26N4O2S2/c30-20(28-24(31)29-25-9-15-6-16(10-25)8-17(7-15)11-25)13-33-23-21-19(18-4-2-1-3-5-18)12-32-22(21)26-14-27-23/h1-5,12,14-17H,6-11,13H2,(H2,28,29,30,31). The van der Waals surface area contributed by atoms with Gasteiger partial charge in [0.15, 0.2) is 0 Å². The van der Waals surface area contributed by atoms with Crippen molar-refractivity contribution in [2.24, 2.45) is 17.8 Å². The Hall–Kier alpha value is -2.45. The molecule has 0 saturated heterocycles. The van der Waals surface area contributed by atoms with Gasteiger partial charge in [0.2, 0.25) is 5.91 Å². The van der Waals surface area contributed by atoms with Gasteiger partial charge in [0.25, 0.3) is 0 Å². The van der Waals surface area contributed by atoms with E-state index in [9.17, 15) is 9.59 Å². The Balaban J connectivity index is 1.11. The van der Waals surface area contributed by atoms with Crippen LogP contribution in [0, 0.1) is 17.8 Å². The van der Waals surface area contributed by atoms with Gasteiger partial charge in [0.1, 0.15) is 16.2 Å². The molecule has 4 saturated carbocycles. The minimum Gasteiger partial charge on any atom is -0.332 e. The number of hydrogen-bond donors (Lipinski definition) is 2. The van der Waals surface area contributed by atoms with Crippen molar-refractivity contribution in [1.29, 1.82) is 0 Å². The predicted molar refractivity (Wildman–Crippen MR) is 131 cm³/mol. The molecular formula is C25H26N4O2S2. The van der Waals surface area contributed by atoms with E-state index in [4.69, 9.17) is 0 Å². The lowest BCUT2D eigenvalue weighted by Crippen LogP contribution is -2.61. The van der Waals surface area contributed by atoms with Crippen LogP contribution in [-0.2, 0) is 4.79 Å². The van der Waals surface area contributed by atoms with Crippen LogP contribution in [0.15, 0.2) is 47.1 Å². The summed E-state index contributed by atoms with van der Waals surface area (Å²) in [6.45, 7) is 0. The van der Waals surface area contributed by atoms with E-state index >= 15 is 0 Å². The van der Waals surface area contributed by atoms with Gasteiger partial charge < -0.3 is 5.32 Å². The van der Waals surface area contributed by atoms with E-state index in [0.717, 1.165) is 63.4 Å². The van der Waals surface area contributed by atoms with E-state index in [1.54, 1.807) is 11.3 Å². The fourth-order valence-corrected chi connectivity index (χ4v) is 8.41. The third-order valence-electron chi connectivity index (χ3n) is 7.43. The van der Waals surface area contributed by atoms with Gasteiger partial charge in [-0.05, 0) is 61.8 Å². The molecule has 0 unspecified atom stereocenters. The first-order valence-electron chi connectivity index (χ1n) is 11.6. The number of hydrogen-bond acceptors (Lipinski definition) is 6. The molecule has 3 aromatic rings. The Labute approximate surface area is 201 Å². The topological polar surface area (TPSA) is 84.0 Å². The number of thiophene rings is 1. The maximum absolute atomic E-state index is 12.7. The summed E-state index contributed by atoms with van der Waals surface area (Å²) in [5.74, 6) is 2.06. The summed E-state index contributed by atoms with van der Waals surface area (Å²) in [5.41, 5.74) is 2.06. The quantitative estimate of drug-likeness (QED) is 0.387. The number of carbonyl (C=O) groups is 2. The van der Waals surface area contributed by atoms with Gasteiger partial charge in [-0.1, -0.05) is 42.1 Å². The molecule has 0 spiro atoms. The first-order valence-corrected chi connectivity index (χ1v) is 13.5. The average Bonchev–Trinajstić information content (AvgIpc) is 3.22. The van der Waals surface area contributed by atoms with Crippen molar-refractivity contribution in [3.05, 3.63) is 42.0 Å². The number of nitrogens with zero attached hydrogens (tertiary/aromatic N) is 2. The maximum atomic E-state index is 12.7. The van der Waals surface area contributed by atoms with Gasteiger partial charge in [0.05, 0.1) is 11.1 Å². The Kier molecular flexibility index (Phi) is 5.37. The fraction of sp³-hybridized carbons (Fsp3) is 0.440. The number of benzene rings is 1. The van der Waals surface area contributed by atoms with Crippen molar-refractivity contribution < 1.29 is 9.59 Å². The minimum atomic E-state index is -0.351. The minimum absolute atomic E-state index is 0.105. The van der Waals surface area contributed by atoms with Crippen LogP contribution >= 0.6 is 23.1 Å². The zero-order valence-corrected chi connectivity index (χ0v) is 19.9. The van der Waals surface area contributed by atoms with Gasteiger partial charge in [0, 0.05) is 16.5 Å². The molecule has 2 aromatic heterocycles. The second-order valence-corrected chi connectivity index (χ2v) is 11.7. The van der Waals surface area contributed by atoms with Crippen LogP contribution in [-0.4, -0.2) is 33.2 Å². The van der Waals surface area contributed by atoms with Gasteiger partial charge in [-0.25, -0.2) is 14.8 Å². The lowest BCUT2D eigenvalue weighted by Gasteiger charge is -2.56. The van der Waals surface area contributed by atoms with E-state index in [-0.39, 0.29) is 23.2 Å². The number of rotatable bonds is 5. The van der Waals surface area contributed by atoms with Crippen molar-refractivity contribution >= 4 is 45.3 Å². The van der Waals surface area contributed by atoms with E-state index in [1.165, 1.54) is 37.4 Å². The number of imide groups is 1. The molecule has 33 heavy (non-hydrogen) atoms. The van der Waals surface area contributed by atoms with E-state index in [2.05, 4.69) is 38.1 Å². The fourth-order valence-electron chi connectivity index (χ4n) is 6.62. The van der Waals surface area contributed by atoms with Crippen molar-refractivity contribution in [1.82, 2.24) is 20.6 Å². The third kappa shape index (κ3) is 4.15. The molecule has 2 heterocycles. The monoisotopic (exact) mass is 478 g/mol. The molecule has 8 heteroatoms. The number of nitrogens with one attached hydrogen (secondary N) is 2. The van der Waals surface area contributed by atoms with Crippen LogP contribution in [0.5, 0.6) is 0 Å². The highest BCUT2D eigenvalue weighted by Gasteiger charge is 2.51. The highest BCUT2D eigenvalue weighted by Crippen LogP contribution is 2.55. The molecular weight excluding hydrogens is 452 g/mol. The van der Waals surface area contributed by atoms with Crippen molar-refractivity contribution in [3.63, 3.8) is 0 Å². The summed E-state index contributed by atoms with van der Waals surface area (Å²) in [6, 6.07) is 9.77. The first-order chi connectivity index (χ1) is 16.1. The molecule has 4 fully saturated rings. The molecule has 0 atom stereocenters. The number of urea groups is 1. The Bertz CT molecular complexity index is 1170. The zero-order chi connectivity index (χ0) is 22.4. The summed E-state index contributed by atoms with van der Waals surface area (Å²) < 4.78 is 0. The largest absolute Gasteiger partial charge is 0.332 e. The van der Waals surface area contributed by atoms with Crippen LogP contribution in [0.1, 0.15) is 38.5 Å². The molecule has 0 radical (unpaired) electrons. The maximum Gasteiger partial charge on any atom is 0.321 e. The molecule has 170 valence electrons. The molecule has 7 rings (SSSR count). The molecule has 3 amide bonds. The van der Waals surface area contributed by atoms with E-state index in [1.807, 2.05) is 18.2 Å². The van der Waals surface area contributed by atoms with Crippen LogP contribution in [0.3, 0.4) is 0 Å². The summed E-state index contributed by atoms with van der Waals surface area (Å²) in [5, 5.41) is 9.57. The Morgan fingerprint density at radius 3 is 2.42 bits per heavy atom. The van der Waals surface area contributed by atoms with E-state index < -0.39 is 0 Å². The van der Waals surface area contributed by atoms with E-state index in [0.29, 0.717) is 0 Å². The van der Waals surface area contributed by atoms with Crippen LogP contribution < -0.4 is 10.6 Å². The molecule has 1 aromatic carbocycles. The Morgan fingerprint density at radius 1 is 1.03 bits per heavy atom. The van der Waals surface area contributed by atoms with Crippen molar-refractivity contribution in [2.45, 2.75) is 49.1 Å². The molecule has 0 aliphatic heterocycles. The van der Waals surface area contributed by atoms with Gasteiger partial charge in [-0.15, -0.1) is 11.3 Å². The lowest BCUT2D eigenvalue weighted by atomic mass is 9.53. The van der Waals surface area contributed by atoms with Gasteiger partial charge >= 0.3 is 6.03 Å². The highest BCUT2D eigenvalue weighted by atomic mass is 32.2. The molecule has 6 nitrogen and oxygen atoms in total. The molecule has 4 aliphatic rings. The smallest absolute Gasteiger partial charge is 0.321 e. The Morgan fingerprint density at radius 2 is 1.73 bits per heavy atom. The van der Waals surface area contributed by atoms with Crippen LogP contribution in [0.25, 0.3) is 21.3 Å².